The van der Waals surface area contributed by atoms with Crippen molar-refractivity contribution in [1.82, 2.24) is 9.29 Å². The predicted octanol–water partition coefficient (Wildman–Crippen LogP) is 2.18. The van der Waals surface area contributed by atoms with E-state index in [0.717, 1.165) is 25.3 Å². The van der Waals surface area contributed by atoms with Crippen molar-refractivity contribution >= 4 is 27.5 Å². The summed E-state index contributed by atoms with van der Waals surface area (Å²) in [6, 6.07) is 6.32. The molecule has 0 aliphatic carbocycles. The highest BCUT2D eigenvalue weighted by atomic mass is 35.5. The van der Waals surface area contributed by atoms with Gasteiger partial charge in [0.15, 0.2) is 0 Å². The van der Waals surface area contributed by atoms with Crippen LogP contribution in [0.4, 0.5) is 4.39 Å². The monoisotopic (exact) mass is 416 g/mol. The lowest BCUT2D eigenvalue weighted by atomic mass is 10.1. The largest absolute Gasteiger partial charge is 0.357 e. The van der Waals surface area contributed by atoms with Crippen molar-refractivity contribution in [3.8, 4) is 11.1 Å². The van der Waals surface area contributed by atoms with E-state index in [2.05, 4.69) is 0 Å². The SMILES string of the molecule is CCCC(=O)NS(=O)(=O)[C@@](C)(O)n1ccc(-c2ccc(Cl)c(F)c2)cc1=O. The molecule has 1 heterocycles. The summed E-state index contributed by atoms with van der Waals surface area (Å²) in [4.78, 5) is 24.0. The highest BCUT2D eigenvalue weighted by Crippen LogP contribution is 2.24. The third-order valence-corrected chi connectivity index (χ3v) is 5.87. The van der Waals surface area contributed by atoms with E-state index >= 15 is 0 Å². The smallest absolute Gasteiger partial charge is 0.285 e. The molecule has 0 fully saturated rings. The fourth-order valence-corrected chi connectivity index (χ4v) is 3.45. The Bertz CT molecular complexity index is 1030. The van der Waals surface area contributed by atoms with Crippen LogP contribution in [0, 0.1) is 5.82 Å². The topological polar surface area (TPSA) is 105 Å². The summed E-state index contributed by atoms with van der Waals surface area (Å²) in [6.07, 6.45) is 1.41. The van der Waals surface area contributed by atoms with Crippen LogP contribution in [-0.2, 0) is 19.9 Å². The molecule has 2 rings (SSSR count). The summed E-state index contributed by atoms with van der Waals surface area (Å²) < 4.78 is 40.5. The zero-order chi connectivity index (χ0) is 20.4. The van der Waals surface area contributed by atoms with Gasteiger partial charge in [-0.3, -0.25) is 14.2 Å². The summed E-state index contributed by atoms with van der Waals surface area (Å²) >= 11 is 5.62. The first kappa shape index (κ1) is 21.1. The molecule has 0 saturated carbocycles. The van der Waals surface area contributed by atoms with E-state index in [4.69, 9.17) is 11.6 Å². The number of nitrogens with zero attached hydrogens (tertiary/aromatic N) is 1. The number of carbonyl (C=O) groups is 1. The van der Waals surface area contributed by atoms with Crippen LogP contribution in [-0.4, -0.2) is 24.0 Å². The lowest BCUT2D eigenvalue weighted by Crippen LogP contribution is -2.51. The molecule has 0 unspecified atom stereocenters. The molecule has 1 aromatic heterocycles. The average molecular weight is 417 g/mol. The quantitative estimate of drug-likeness (QED) is 0.750. The van der Waals surface area contributed by atoms with Crippen LogP contribution < -0.4 is 10.3 Å². The van der Waals surface area contributed by atoms with Gasteiger partial charge in [0.25, 0.3) is 20.6 Å². The number of pyridine rings is 1. The van der Waals surface area contributed by atoms with Crippen molar-refractivity contribution in [2.75, 3.05) is 0 Å². The Hall–Kier alpha value is -2.23. The number of hydrogen-bond donors (Lipinski definition) is 2. The fraction of sp³-hybridized carbons (Fsp3) is 0.294. The van der Waals surface area contributed by atoms with Gasteiger partial charge in [0, 0.05) is 25.6 Å². The Labute approximate surface area is 160 Å². The number of sulfonamides is 1. The van der Waals surface area contributed by atoms with Gasteiger partial charge >= 0.3 is 0 Å². The van der Waals surface area contributed by atoms with Crippen molar-refractivity contribution in [3.05, 3.63) is 57.7 Å². The van der Waals surface area contributed by atoms with Crippen LogP contribution in [0.2, 0.25) is 5.02 Å². The predicted molar refractivity (Wildman–Crippen MR) is 98.9 cm³/mol. The molecule has 0 aliphatic rings. The van der Waals surface area contributed by atoms with Crippen molar-refractivity contribution in [2.45, 2.75) is 31.7 Å². The molecule has 10 heteroatoms. The van der Waals surface area contributed by atoms with E-state index in [9.17, 15) is 27.5 Å². The second-order valence-corrected chi connectivity index (χ2v) is 8.36. The standard InChI is InChI=1S/C17H18ClFN2O5S/c1-3-4-15(22)20-27(25,26)17(2,24)21-8-7-12(10-16(21)23)11-5-6-13(18)14(19)9-11/h5-10,24H,3-4H2,1-2H3,(H,20,22)/t17-/m1/s1. The molecule has 0 aliphatic heterocycles. The van der Waals surface area contributed by atoms with E-state index in [1.807, 2.05) is 0 Å². The maximum Gasteiger partial charge on any atom is 0.285 e. The average Bonchev–Trinajstić information content (AvgIpc) is 2.56. The lowest BCUT2D eigenvalue weighted by molar-refractivity contribution is -0.119. The van der Waals surface area contributed by atoms with Crippen LogP contribution in [0.3, 0.4) is 0 Å². The van der Waals surface area contributed by atoms with Gasteiger partial charge in [0.05, 0.1) is 5.02 Å². The normalized spacial score (nSPS) is 13.8. The zero-order valence-corrected chi connectivity index (χ0v) is 16.1. The number of amides is 1. The zero-order valence-electron chi connectivity index (χ0n) is 14.6. The summed E-state index contributed by atoms with van der Waals surface area (Å²) in [7, 11) is -4.61. The van der Waals surface area contributed by atoms with Gasteiger partial charge in [0.2, 0.25) is 5.91 Å². The highest BCUT2D eigenvalue weighted by Gasteiger charge is 2.40. The Morgan fingerprint density at radius 3 is 2.48 bits per heavy atom. The molecule has 0 saturated heterocycles. The Morgan fingerprint density at radius 2 is 1.93 bits per heavy atom. The number of nitrogens with one attached hydrogen (secondary N) is 1. The van der Waals surface area contributed by atoms with Gasteiger partial charge in [-0.1, -0.05) is 24.6 Å². The Morgan fingerprint density at radius 1 is 1.30 bits per heavy atom. The maximum absolute atomic E-state index is 13.6. The number of rotatable bonds is 6. The van der Waals surface area contributed by atoms with Gasteiger partial charge in [-0.2, -0.15) is 0 Å². The van der Waals surface area contributed by atoms with Gasteiger partial charge in [-0.05, 0) is 35.7 Å². The molecule has 7 nitrogen and oxygen atoms in total. The molecule has 0 bridgehead atoms. The van der Waals surface area contributed by atoms with Crippen LogP contribution in [0.15, 0.2) is 41.3 Å². The molecule has 146 valence electrons. The molecule has 2 aromatic rings. The van der Waals surface area contributed by atoms with Crippen molar-refractivity contribution < 1.29 is 22.7 Å². The molecular weight excluding hydrogens is 399 g/mol. The lowest BCUT2D eigenvalue weighted by Gasteiger charge is -2.26. The van der Waals surface area contributed by atoms with Crippen LogP contribution in [0.25, 0.3) is 11.1 Å². The van der Waals surface area contributed by atoms with Crippen molar-refractivity contribution in [3.63, 3.8) is 0 Å². The number of benzene rings is 1. The van der Waals surface area contributed by atoms with Gasteiger partial charge in [-0.15, -0.1) is 0 Å². The van der Waals surface area contributed by atoms with Gasteiger partial charge < -0.3 is 5.11 Å². The van der Waals surface area contributed by atoms with E-state index in [-0.39, 0.29) is 11.4 Å². The number of aromatic nitrogens is 1. The van der Waals surface area contributed by atoms with Crippen LogP contribution in [0.5, 0.6) is 0 Å². The number of carbonyl (C=O) groups excluding carboxylic acids is 1. The summed E-state index contributed by atoms with van der Waals surface area (Å²) in [6.45, 7) is 2.56. The van der Waals surface area contributed by atoms with Crippen LogP contribution in [0.1, 0.15) is 26.7 Å². The van der Waals surface area contributed by atoms with E-state index < -0.39 is 32.4 Å². The minimum atomic E-state index is -4.61. The summed E-state index contributed by atoms with van der Waals surface area (Å²) in [5.74, 6) is -1.47. The van der Waals surface area contributed by atoms with E-state index in [1.54, 1.807) is 11.6 Å². The molecule has 2 N–H and O–H groups in total. The molecule has 27 heavy (non-hydrogen) atoms. The number of halogens is 2. The first-order valence-electron chi connectivity index (χ1n) is 7.95. The molecule has 0 spiro atoms. The summed E-state index contributed by atoms with van der Waals surface area (Å²) in [5, 5.41) is 7.65. The number of aliphatic hydroxyl groups is 1. The van der Waals surface area contributed by atoms with Crippen molar-refractivity contribution in [1.29, 1.82) is 0 Å². The third kappa shape index (κ3) is 4.37. The van der Waals surface area contributed by atoms with Crippen molar-refractivity contribution in [2.24, 2.45) is 0 Å². The van der Waals surface area contributed by atoms with Crippen LogP contribution >= 0.6 is 11.6 Å². The maximum atomic E-state index is 13.6. The van der Waals surface area contributed by atoms with E-state index in [0.29, 0.717) is 22.1 Å². The molecule has 0 radical (unpaired) electrons. The molecule has 1 amide bonds. The third-order valence-electron chi connectivity index (χ3n) is 3.85. The Balaban J connectivity index is 2.42. The Kier molecular flexibility index (Phi) is 6.08. The minimum absolute atomic E-state index is 0.0503. The second kappa shape index (κ2) is 7.79. The summed E-state index contributed by atoms with van der Waals surface area (Å²) in [5.41, 5.74) is -0.212. The fourth-order valence-electron chi connectivity index (χ4n) is 2.33. The highest BCUT2D eigenvalue weighted by molar-refractivity contribution is 7.90. The minimum Gasteiger partial charge on any atom is -0.357 e. The first-order chi connectivity index (χ1) is 12.5. The molecule has 1 atom stereocenters. The molecule has 1 aromatic carbocycles. The molecular formula is C17H18ClFN2O5S. The first-order valence-corrected chi connectivity index (χ1v) is 9.82. The second-order valence-electron chi connectivity index (χ2n) is 5.97. The van der Waals surface area contributed by atoms with Gasteiger partial charge in [0.1, 0.15) is 5.82 Å². The van der Waals surface area contributed by atoms with E-state index in [1.165, 1.54) is 18.2 Å². The van der Waals surface area contributed by atoms with Gasteiger partial charge in [-0.25, -0.2) is 17.5 Å². The number of hydrogen-bond acceptors (Lipinski definition) is 5.